The zero-order valence-corrected chi connectivity index (χ0v) is 43.2. The second-order valence-electron chi connectivity index (χ2n) is 19.6. The van der Waals surface area contributed by atoms with Gasteiger partial charge in [0.05, 0.1) is 18.8 Å². The maximum Gasteiger partial charge on any atom is 0.249 e. The van der Waals surface area contributed by atoms with E-state index in [1.165, 1.54) is 212 Å². The normalized spacial score (nSPS) is 14.1. The van der Waals surface area contributed by atoms with Crippen LogP contribution in [-0.2, 0) is 4.79 Å². The second-order valence-corrected chi connectivity index (χ2v) is 19.6. The number of carbonyl (C=O) groups excluding carboxylic acids is 1. The van der Waals surface area contributed by atoms with Crippen LogP contribution in [0.25, 0.3) is 0 Å². The van der Waals surface area contributed by atoms with E-state index in [4.69, 9.17) is 0 Å². The molecule has 0 aromatic rings. The summed E-state index contributed by atoms with van der Waals surface area (Å²) in [4.78, 5) is 12.6. The van der Waals surface area contributed by atoms with Crippen LogP contribution in [0.1, 0.15) is 290 Å². The molecule has 0 fully saturated rings. The molecule has 0 aliphatic carbocycles. The lowest BCUT2D eigenvalue weighted by Gasteiger charge is -2.27. The summed E-state index contributed by atoms with van der Waals surface area (Å²) in [5, 5.41) is 43.9. The molecular formula is C59H111NO5. The first kappa shape index (κ1) is 63.3. The van der Waals surface area contributed by atoms with Crippen molar-refractivity contribution >= 4 is 5.91 Å². The van der Waals surface area contributed by atoms with Crippen molar-refractivity contribution in [1.29, 1.82) is 0 Å². The summed E-state index contributed by atoms with van der Waals surface area (Å²) >= 11 is 0. The van der Waals surface area contributed by atoms with E-state index >= 15 is 0 Å². The third-order valence-corrected chi connectivity index (χ3v) is 13.2. The molecule has 0 spiro atoms. The predicted molar refractivity (Wildman–Crippen MR) is 283 cm³/mol. The van der Waals surface area contributed by atoms with Crippen molar-refractivity contribution in [2.45, 2.75) is 314 Å². The van der Waals surface area contributed by atoms with E-state index < -0.39 is 36.9 Å². The molecule has 0 bridgehead atoms. The summed E-state index contributed by atoms with van der Waals surface area (Å²) in [5.74, 6) is -0.597. The molecule has 382 valence electrons. The summed E-state index contributed by atoms with van der Waals surface area (Å²) in [5.41, 5.74) is 0. The highest BCUT2D eigenvalue weighted by Gasteiger charge is 2.28. The quantitative estimate of drug-likeness (QED) is 0.0308. The van der Waals surface area contributed by atoms with E-state index in [9.17, 15) is 25.2 Å². The standard InChI is InChI=1S/C59H111NO5/c1-3-5-7-9-11-13-15-17-19-21-23-25-26-27-28-29-30-31-33-35-37-39-41-43-45-47-49-51-53-57(63)59(65)60-55(54-61)58(64)56(62)52-50-48-46-44-42-40-38-36-34-32-24-22-20-18-16-14-12-10-8-6-4-2/h23,25,27-28,36,38,44,46,55-58,61-64H,3-22,24,26,29-35,37,39-43,45,47-54H2,1-2H3,(H,60,65)/b25-23-,28-27-,38-36+,46-44+. The van der Waals surface area contributed by atoms with Crippen molar-refractivity contribution in [3.05, 3.63) is 48.6 Å². The number of rotatable bonds is 52. The Balaban J connectivity index is 3.69. The molecule has 4 unspecified atom stereocenters. The third kappa shape index (κ3) is 47.1. The van der Waals surface area contributed by atoms with Gasteiger partial charge in [-0.1, -0.05) is 255 Å². The minimum absolute atomic E-state index is 0.358. The van der Waals surface area contributed by atoms with Crippen molar-refractivity contribution < 1.29 is 25.2 Å². The predicted octanol–water partition coefficient (Wildman–Crippen LogP) is 16.6. The lowest BCUT2D eigenvalue weighted by Crippen LogP contribution is -2.53. The number of unbranched alkanes of at least 4 members (excludes halogenated alkanes) is 35. The van der Waals surface area contributed by atoms with Crippen LogP contribution in [0.15, 0.2) is 48.6 Å². The Morgan fingerprint density at radius 2 is 0.692 bits per heavy atom. The fourth-order valence-electron chi connectivity index (χ4n) is 8.75. The highest BCUT2D eigenvalue weighted by molar-refractivity contribution is 5.80. The molecular weight excluding hydrogens is 803 g/mol. The molecule has 0 aromatic heterocycles. The lowest BCUT2D eigenvalue weighted by molar-refractivity contribution is -0.132. The zero-order valence-electron chi connectivity index (χ0n) is 43.2. The van der Waals surface area contributed by atoms with Gasteiger partial charge in [-0.15, -0.1) is 0 Å². The fraction of sp³-hybridized carbons (Fsp3) is 0.847. The SMILES string of the molecule is CCCCCCCCCCC/C=C\C/C=C\CCCCCCCCCCCCCCC(O)C(=O)NC(CO)C(O)C(O)CCC/C=C/CC/C=C/CCCCCCCCCCCCCC. The van der Waals surface area contributed by atoms with Crippen molar-refractivity contribution in [3.63, 3.8) is 0 Å². The van der Waals surface area contributed by atoms with Gasteiger partial charge in [-0.25, -0.2) is 0 Å². The molecule has 5 N–H and O–H groups in total. The van der Waals surface area contributed by atoms with Gasteiger partial charge < -0.3 is 25.7 Å². The highest BCUT2D eigenvalue weighted by Crippen LogP contribution is 2.17. The van der Waals surface area contributed by atoms with Gasteiger partial charge in [-0.2, -0.15) is 0 Å². The number of aliphatic hydroxyl groups excluding tert-OH is 4. The number of nitrogens with one attached hydrogen (secondary N) is 1. The first-order chi connectivity index (χ1) is 32.0. The number of allylic oxidation sites excluding steroid dienone is 8. The van der Waals surface area contributed by atoms with E-state index in [2.05, 4.69) is 67.8 Å². The Hall–Kier alpha value is -1.73. The molecule has 0 heterocycles. The largest absolute Gasteiger partial charge is 0.394 e. The average molecular weight is 915 g/mol. The molecule has 0 saturated heterocycles. The molecule has 0 aromatic carbocycles. The van der Waals surface area contributed by atoms with Crippen LogP contribution in [0.4, 0.5) is 0 Å². The van der Waals surface area contributed by atoms with Crippen LogP contribution in [0.5, 0.6) is 0 Å². The summed E-state index contributed by atoms with van der Waals surface area (Å²) in [6.45, 7) is 4.06. The lowest BCUT2D eigenvalue weighted by atomic mass is 10.00. The maximum atomic E-state index is 12.6. The minimum Gasteiger partial charge on any atom is -0.394 e. The number of hydrogen-bond acceptors (Lipinski definition) is 5. The maximum absolute atomic E-state index is 12.6. The Kier molecular flexibility index (Phi) is 51.8. The van der Waals surface area contributed by atoms with E-state index in [0.717, 1.165) is 44.9 Å². The Labute approximate surface area is 404 Å². The number of carbonyl (C=O) groups is 1. The third-order valence-electron chi connectivity index (χ3n) is 13.2. The summed E-state index contributed by atoms with van der Waals surface area (Å²) in [6, 6.07) is -1.01. The highest BCUT2D eigenvalue weighted by atomic mass is 16.3. The van der Waals surface area contributed by atoms with E-state index in [1.54, 1.807) is 0 Å². The molecule has 0 rings (SSSR count). The molecule has 6 heteroatoms. The van der Waals surface area contributed by atoms with Gasteiger partial charge in [-0.05, 0) is 83.5 Å². The first-order valence-electron chi connectivity index (χ1n) is 28.5. The van der Waals surface area contributed by atoms with Gasteiger partial charge in [0.15, 0.2) is 0 Å². The summed E-state index contributed by atoms with van der Waals surface area (Å²) in [6.07, 6.45) is 67.5. The Morgan fingerprint density at radius 3 is 1.06 bits per heavy atom. The molecule has 65 heavy (non-hydrogen) atoms. The Bertz CT molecular complexity index is 1070. The Morgan fingerprint density at radius 1 is 0.385 bits per heavy atom. The smallest absolute Gasteiger partial charge is 0.249 e. The number of amides is 1. The van der Waals surface area contributed by atoms with Crippen LogP contribution in [0.2, 0.25) is 0 Å². The van der Waals surface area contributed by atoms with Crippen LogP contribution in [0, 0.1) is 0 Å². The molecule has 1 amide bonds. The molecule has 0 saturated carbocycles. The van der Waals surface area contributed by atoms with Crippen LogP contribution in [0.3, 0.4) is 0 Å². The van der Waals surface area contributed by atoms with Crippen molar-refractivity contribution in [2.24, 2.45) is 0 Å². The summed E-state index contributed by atoms with van der Waals surface area (Å²) < 4.78 is 0. The van der Waals surface area contributed by atoms with Gasteiger partial charge in [0.25, 0.3) is 0 Å². The molecule has 0 aliphatic heterocycles. The minimum atomic E-state index is -1.29. The molecule has 6 nitrogen and oxygen atoms in total. The van der Waals surface area contributed by atoms with E-state index in [1.807, 2.05) is 0 Å². The number of aliphatic hydroxyl groups is 4. The van der Waals surface area contributed by atoms with Crippen molar-refractivity contribution in [3.8, 4) is 0 Å². The van der Waals surface area contributed by atoms with Crippen molar-refractivity contribution in [2.75, 3.05) is 6.61 Å². The average Bonchev–Trinajstić information content (AvgIpc) is 3.31. The van der Waals surface area contributed by atoms with Crippen LogP contribution in [-0.4, -0.2) is 57.3 Å². The zero-order chi connectivity index (χ0) is 47.4. The molecule has 0 radical (unpaired) electrons. The van der Waals surface area contributed by atoms with Gasteiger partial charge in [0.2, 0.25) is 5.91 Å². The van der Waals surface area contributed by atoms with Gasteiger partial charge in [0.1, 0.15) is 12.2 Å². The topological polar surface area (TPSA) is 110 Å². The van der Waals surface area contributed by atoms with Gasteiger partial charge >= 0.3 is 0 Å². The van der Waals surface area contributed by atoms with Crippen LogP contribution < -0.4 is 5.32 Å². The van der Waals surface area contributed by atoms with Crippen LogP contribution >= 0.6 is 0 Å². The molecule has 4 atom stereocenters. The monoisotopic (exact) mass is 914 g/mol. The van der Waals surface area contributed by atoms with Gasteiger partial charge in [-0.3, -0.25) is 4.79 Å². The first-order valence-corrected chi connectivity index (χ1v) is 28.5. The fourth-order valence-corrected chi connectivity index (χ4v) is 8.75. The summed E-state index contributed by atoms with van der Waals surface area (Å²) in [7, 11) is 0. The number of hydrogen-bond donors (Lipinski definition) is 5. The van der Waals surface area contributed by atoms with Gasteiger partial charge in [0, 0.05) is 0 Å². The van der Waals surface area contributed by atoms with E-state index in [-0.39, 0.29) is 0 Å². The van der Waals surface area contributed by atoms with E-state index in [0.29, 0.717) is 19.3 Å². The van der Waals surface area contributed by atoms with Crippen molar-refractivity contribution in [1.82, 2.24) is 5.32 Å². The second kappa shape index (κ2) is 53.2. The molecule has 0 aliphatic rings.